The number of aromatic nitrogens is 2. The lowest BCUT2D eigenvalue weighted by molar-refractivity contribution is 0.0786. The fraction of sp³-hybridized carbons (Fsp3) is 0.227. The Morgan fingerprint density at radius 1 is 1.17 bits per heavy atom. The molecule has 0 atom stereocenters. The van der Waals surface area contributed by atoms with E-state index in [0.717, 1.165) is 16.2 Å². The number of ether oxygens (including phenoxy) is 2. The van der Waals surface area contributed by atoms with Crippen molar-refractivity contribution in [1.29, 1.82) is 0 Å². The fourth-order valence-corrected chi connectivity index (χ4v) is 4.24. The standard InChI is InChI=1S/C22H19N3O4S/c1-13-20-15(11-16(19-4-3-9-30-19)23-21(20)29-24-13)22(26)25(2)12-14-5-6-17-18(10-14)28-8-7-27-17/h3-6,9-11H,7-8,12H2,1-2H3. The Morgan fingerprint density at radius 3 is 2.80 bits per heavy atom. The van der Waals surface area contributed by atoms with Gasteiger partial charge in [0.2, 0.25) is 0 Å². The Morgan fingerprint density at radius 2 is 2.00 bits per heavy atom. The first-order chi connectivity index (χ1) is 14.6. The summed E-state index contributed by atoms with van der Waals surface area (Å²) in [5.41, 5.74) is 3.20. The van der Waals surface area contributed by atoms with E-state index in [0.29, 0.717) is 53.6 Å². The lowest BCUT2D eigenvalue weighted by Gasteiger charge is -2.21. The molecule has 1 aromatic carbocycles. The van der Waals surface area contributed by atoms with E-state index >= 15 is 0 Å². The Labute approximate surface area is 176 Å². The number of amides is 1. The minimum Gasteiger partial charge on any atom is -0.486 e. The molecule has 1 amide bonds. The van der Waals surface area contributed by atoms with Gasteiger partial charge in [-0.3, -0.25) is 4.79 Å². The van der Waals surface area contributed by atoms with E-state index in [1.54, 1.807) is 23.3 Å². The topological polar surface area (TPSA) is 77.7 Å². The van der Waals surface area contributed by atoms with Gasteiger partial charge in [0.1, 0.15) is 13.2 Å². The van der Waals surface area contributed by atoms with Crippen molar-refractivity contribution in [2.24, 2.45) is 0 Å². The molecule has 4 heterocycles. The summed E-state index contributed by atoms with van der Waals surface area (Å²) < 4.78 is 16.6. The second-order valence-corrected chi connectivity index (χ2v) is 8.07. The normalized spacial score (nSPS) is 12.9. The highest BCUT2D eigenvalue weighted by atomic mass is 32.1. The molecular formula is C22H19N3O4S. The molecule has 8 heteroatoms. The van der Waals surface area contributed by atoms with E-state index in [1.807, 2.05) is 48.7 Å². The van der Waals surface area contributed by atoms with Gasteiger partial charge in [-0.1, -0.05) is 17.3 Å². The van der Waals surface area contributed by atoms with Crippen LogP contribution in [0.4, 0.5) is 0 Å². The van der Waals surface area contributed by atoms with E-state index in [2.05, 4.69) is 10.1 Å². The molecule has 0 aliphatic carbocycles. The van der Waals surface area contributed by atoms with Crippen LogP contribution in [-0.2, 0) is 6.54 Å². The zero-order chi connectivity index (χ0) is 20.7. The van der Waals surface area contributed by atoms with Gasteiger partial charge < -0.3 is 18.9 Å². The predicted molar refractivity (Wildman–Crippen MR) is 113 cm³/mol. The van der Waals surface area contributed by atoms with Crippen LogP contribution in [0.5, 0.6) is 11.5 Å². The van der Waals surface area contributed by atoms with E-state index in [9.17, 15) is 4.79 Å². The fourth-order valence-electron chi connectivity index (χ4n) is 3.55. The minimum atomic E-state index is -0.124. The van der Waals surface area contributed by atoms with Gasteiger partial charge in [0.05, 0.1) is 27.2 Å². The van der Waals surface area contributed by atoms with Gasteiger partial charge in [0.25, 0.3) is 11.6 Å². The summed E-state index contributed by atoms with van der Waals surface area (Å²) in [7, 11) is 1.78. The number of thiophene rings is 1. The number of nitrogens with zero attached hydrogens (tertiary/aromatic N) is 3. The lowest BCUT2D eigenvalue weighted by atomic mass is 10.1. The number of carbonyl (C=O) groups is 1. The molecule has 0 radical (unpaired) electrons. The number of hydrogen-bond donors (Lipinski definition) is 0. The molecule has 152 valence electrons. The van der Waals surface area contributed by atoms with E-state index in [1.165, 1.54) is 0 Å². The zero-order valence-corrected chi connectivity index (χ0v) is 17.4. The first kappa shape index (κ1) is 18.6. The third-order valence-corrected chi connectivity index (χ3v) is 5.89. The highest BCUT2D eigenvalue weighted by molar-refractivity contribution is 7.13. The third-order valence-electron chi connectivity index (χ3n) is 4.99. The van der Waals surface area contributed by atoms with Gasteiger partial charge in [-0.05, 0) is 42.1 Å². The molecule has 3 aromatic heterocycles. The van der Waals surface area contributed by atoms with Crippen LogP contribution in [-0.4, -0.2) is 41.2 Å². The summed E-state index contributed by atoms with van der Waals surface area (Å²) in [6.45, 7) is 3.32. The Balaban J connectivity index is 1.48. The van der Waals surface area contributed by atoms with Crippen molar-refractivity contribution in [2.45, 2.75) is 13.5 Å². The molecule has 1 aliphatic heterocycles. The van der Waals surface area contributed by atoms with Crippen LogP contribution >= 0.6 is 11.3 Å². The molecule has 0 spiro atoms. The summed E-state index contributed by atoms with van der Waals surface area (Å²) >= 11 is 1.56. The molecule has 0 unspecified atom stereocenters. The van der Waals surface area contributed by atoms with Crippen LogP contribution in [0.1, 0.15) is 21.6 Å². The zero-order valence-electron chi connectivity index (χ0n) is 16.5. The highest BCUT2D eigenvalue weighted by Gasteiger charge is 2.22. The smallest absolute Gasteiger partial charge is 0.259 e. The number of hydrogen-bond acceptors (Lipinski definition) is 7. The van der Waals surface area contributed by atoms with Gasteiger partial charge in [-0.15, -0.1) is 11.3 Å². The highest BCUT2D eigenvalue weighted by Crippen LogP contribution is 2.32. The molecule has 0 bridgehead atoms. The van der Waals surface area contributed by atoms with Crippen molar-refractivity contribution < 1.29 is 18.8 Å². The maximum atomic E-state index is 13.4. The SMILES string of the molecule is Cc1noc2nc(-c3cccs3)cc(C(=O)N(C)Cc3ccc4c(c3)OCCO4)c12. The summed E-state index contributed by atoms with van der Waals surface area (Å²) in [5, 5.41) is 6.64. The maximum absolute atomic E-state index is 13.4. The van der Waals surface area contributed by atoms with Crippen LogP contribution in [0.3, 0.4) is 0 Å². The second-order valence-electron chi connectivity index (χ2n) is 7.12. The number of rotatable bonds is 4. The van der Waals surface area contributed by atoms with E-state index in [4.69, 9.17) is 14.0 Å². The molecule has 4 aromatic rings. The van der Waals surface area contributed by atoms with Crippen molar-refractivity contribution in [3.8, 4) is 22.1 Å². The summed E-state index contributed by atoms with van der Waals surface area (Å²) in [4.78, 5) is 20.6. The van der Waals surface area contributed by atoms with Crippen LogP contribution in [0.2, 0.25) is 0 Å². The van der Waals surface area contributed by atoms with Crippen molar-refractivity contribution in [2.75, 3.05) is 20.3 Å². The van der Waals surface area contributed by atoms with Crippen LogP contribution < -0.4 is 9.47 Å². The largest absolute Gasteiger partial charge is 0.486 e. The van der Waals surface area contributed by atoms with E-state index in [-0.39, 0.29) is 5.91 Å². The summed E-state index contributed by atoms with van der Waals surface area (Å²) in [5.74, 6) is 1.32. The number of aryl methyl sites for hydroxylation is 1. The van der Waals surface area contributed by atoms with Crippen molar-refractivity contribution >= 4 is 28.3 Å². The number of fused-ring (bicyclic) bond motifs is 2. The summed E-state index contributed by atoms with van der Waals surface area (Å²) in [6, 6.07) is 11.5. The van der Waals surface area contributed by atoms with Gasteiger partial charge in [0, 0.05) is 13.6 Å². The van der Waals surface area contributed by atoms with Gasteiger partial charge in [-0.25, -0.2) is 4.98 Å². The molecule has 1 aliphatic rings. The molecule has 5 rings (SSSR count). The molecule has 30 heavy (non-hydrogen) atoms. The van der Waals surface area contributed by atoms with Gasteiger partial charge in [-0.2, -0.15) is 0 Å². The molecule has 0 fully saturated rings. The average molecular weight is 421 g/mol. The van der Waals surface area contributed by atoms with E-state index < -0.39 is 0 Å². The number of benzene rings is 1. The van der Waals surface area contributed by atoms with Crippen molar-refractivity contribution in [3.63, 3.8) is 0 Å². The third kappa shape index (κ3) is 3.29. The summed E-state index contributed by atoms with van der Waals surface area (Å²) in [6.07, 6.45) is 0. The van der Waals surface area contributed by atoms with Crippen LogP contribution in [0, 0.1) is 6.92 Å². The van der Waals surface area contributed by atoms with Crippen LogP contribution in [0.25, 0.3) is 21.7 Å². The first-order valence-corrected chi connectivity index (χ1v) is 10.4. The van der Waals surface area contributed by atoms with Crippen molar-refractivity contribution in [3.05, 3.63) is 58.6 Å². The van der Waals surface area contributed by atoms with Crippen LogP contribution in [0.15, 0.2) is 46.3 Å². The van der Waals surface area contributed by atoms with Gasteiger partial charge in [0.15, 0.2) is 11.5 Å². The predicted octanol–water partition coefficient (Wildman–Crippen LogP) is 4.30. The average Bonchev–Trinajstić information content (AvgIpc) is 3.43. The second kappa shape index (κ2) is 7.46. The molecular weight excluding hydrogens is 402 g/mol. The molecule has 0 saturated heterocycles. The Bertz CT molecular complexity index is 1230. The molecule has 0 saturated carbocycles. The number of pyridine rings is 1. The van der Waals surface area contributed by atoms with Crippen molar-refractivity contribution in [1.82, 2.24) is 15.0 Å². The maximum Gasteiger partial charge on any atom is 0.259 e. The minimum absolute atomic E-state index is 0.124. The molecule has 0 N–H and O–H groups in total. The van der Waals surface area contributed by atoms with Gasteiger partial charge >= 0.3 is 0 Å². The lowest BCUT2D eigenvalue weighted by Crippen LogP contribution is -2.26. The Kier molecular flexibility index (Phi) is 4.63. The Hall–Kier alpha value is -3.39. The number of carbonyl (C=O) groups excluding carboxylic acids is 1. The molecule has 7 nitrogen and oxygen atoms in total. The monoisotopic (exact) mass is 421 g/mol. The first-order valence-electron chi connectivity index (χ1n) is 9.55. The quantitative estimate of drug-likeness (QED) is 0.489.